The Labute approximate surface area is 120 Å². The van der Waals surface area contributed by atoms with Gasteiger partial charge in [-0.3, -0.25) is 4.79 Å². The van der Waals surface area contributed by atoms with E-state index >= 15 is 0 Å². The fourth-order valence-electron chi connectivity index (χ4n) is 1.64. The van der Waals surface area contributed by atoms with E-state index in [1.165, 1.54) is 18.2 Å². The highest BCUT2D eigenvalue weighted by atomic mass is 35.5. The molecule has 0 bridgehead atoms. The summed E-state index contributed by atoms with van der Waals surface area (Å²) in [6, 6.07) is 11.4. The minimum atomic E-state index is -1.14. The van der Waals surface area contributed by atoms with E-state index in [0.29, 0.717) is 5.02 Å². The lowest BCUT2D eigenvalue weighted by atomic mass is 10.1. The van der Waals surface area contributed by atoms with Crippen LogP contribution in [0.15, 0.2) is 42.5 Å². The summed E-state index contributed by atoms with van der Waals surface area (Å²) in [5.41, 5.74) is 0.648. The van der Waals surface area contributed by atoms with Crippen LogP contribution in [0.4, 0.5) is 5.82 Å². The number of rotatable bonds is 4. The van der Waals surface area contributed by atoms with Crippen LogP contribution in [0.3, 0.4) is 0 Å². The Kier molecular flexibility index (Phi) is 4.32. The standard InChI is InChI=1S/C14H11ClN2O3/c15-10-4-1-3-9(7-10)8-13(18)17-12-6-2-5-11(16-12)14(19)20/h1-7H,8H2,(H,19,20)(H,16,17,18). The van der Waals surface area contributed by atoms with E-state index in [9.17, 15) is 9.59 Å². The highest BCUT2D eigenvalue weighted by Crippen LogP contribution is 2.12. The molecule has 0 saturated heterocycles. The van der Waals surface area contributed by atoms with Gasteiger partial charge in [0.05, 0.1) is 6.42 Å². The molecular weight excluding hydrogens is 280 g/mol. The Morgan fingerprint density at radius 3 is 2.65 bits per heavy atom. The molecule has 102 valence electrons. The lowest BCUT2D eigenvalue weighted by molar-refractivity contribution is -0.115. The van der Waals surface area contributed by atoms with Crippen molar-refractivity contribution in [3.8, 4) is 0 Å². The van der Waals surface area contributed by atoms with Gasteiger partial charge >= 0.3 is 5.97 Å². The first-order valence-corrected chi connectivity index (χ1v) is 6.17. The molecule has 0 radical (unpaired) electrons. The van der Waals surface area contributed by atoms with Crippen LogP contribution in [-0.2, 0) is 11.2 Å². The van der Waals surface area contributed by atoms with Gasteiger partial charge in [0, 0.05) is 5.02 Å². The number of carboxylic acids is 1. The quantitative estimate of drug-likeness (QED) is 0.907. The molecule has 0 aliphatic rings. The summed E-state index contributed by atoms with van der Waals surface area (Å²) in [4.78, 5) is 26.4. The average Bonchev–Trinajstić information content (AvgIpc) is 2.38. The highest BCUT2D eigenvalue weighted by Gasteiger charge is 2.08. The fraction of sp³-hybridized carbons (Fsp3) is 0.0714. The van der Waals surface area contributed by atoms with Crippen LogP contribution >= 0.6 is 11.6 Å². The van der Waals surface area contributed by atoms with Crippen molar-refractivity contribution in [1.29, 1.82) is 0 Å². The first-order chi connectivity index (χ1) is 9.54. The van der Waals surface area contributed by atoms with Gasteiger partial charge in [-0.1, -0.05) is 29.8 Å². The number of nitrogens with one attached hydrogen (secondary N) is 1. The molecule has 2 aromatic rings. The van der Waals surface area contributed by atoms with Crippen molar-refractivity contribution in [3.63, 3.8) is 0 Å². The van der Waals surface area contributed by atoms with Gasteiger partial charge in [-0.05, 0) is 29.8 Å². The predicted molar refractivity (Wildman–Crippen MR) is 75.0 cm³/mol. The Morgan fingerprint density at radius 1 is 1.20 bits per heavy atom. The van der Waals surface area contributed by atoms with E-state index in [2.05, 4.69) is 10.3 Å². The molecule has 5 nitrogen and oxygen atoms in total. The number of pyridine rings is 1. The third-order valence-electron chi connectivity index (χ3n) is 2.49. The molecule has 0 aliphatic carbocycles. The number of aromatic nitrogens is 1. The van der Waals surface area contributed by atoms with Crippen LogP contribution in [-0.4, -0.2) is 22.0 Å². The molecule has 0 atom stereocenters. The summed E-state index contributed by atoms with van der Waals surface area (Å²) in [5.74, 6) is -1.23. The van der Waals surface area contributed by atoms with Crippen molar-refractivity contribution in [1.82, 2.24) is 4.98 Å². The summed E-state index contributed by atoms with van der Waals surface area (Å²) >= 11 is 5.83. The van der Waals surface area contributed by atoms with Crippen molar-refractivity contribution in [2.75, 3.05) is 5.32 Å². The van der Waals surface area contributed by atoms with E-state index in [1.807, 2.05) is 0 Å². The molecule has 0 spiro atoms. The van der Waals surface area contributed by atoms with Crippen LogP contribution in [0.5, 0.6) is 0 Å². The second-order valence-electron chi connectivity index (χ2n) is 4.07. The van der Waals surface area contributed by atoms with Crippen LogP contribution in [0, 0.1) is 0 Å². The lowest BCUT2D eigenvalue weighted by Crippen LogP contribution is -2.16. The van der Waals surface area contributed by atoms with Crippen molar-refractivity contribution in [2.45, 2.75) is 6.42 Å². The number of nitrogens with zero attached hydrogens (tertiary/aromatic N) is 1. The molecule has 0 unspecified atom stereocenters. The molecule has 1 aromatic carbocycles. The normalized spacial score (nSPS) is 10.1. The molecule has 1 heterocycles. The van der Waals surface area contributed by atoms with Crippen molar-refractivity contribution in [2.24, 2.45) is 0 Å². The number of amides is 1. The van der Waals surface area contributed by atoms with Crippen LogP contribution in [0.25, 0.3) is 0 Å². The number of benzene rings is 1. The molecule has 1 aromatic heterocycles. The molecular formula is C14H11ClN2O3. The molecule has 0 fully saturated rings. The van der Waals surface area contributed by atoms with E-state index < -0.39 is 5.97 Å². The van der Waals surface area contributed by atoms with E-state index in [0.717, 1.165) is 5.56 Å². The lowest BCUT2D eigenvalue weighted by Gasteiger charge is -2.05. The maximum Gasteiger partial charge on any atom is 0.354 e. The number of carbonyl (C=O) groups excluding carboxylic acids is 1. The van der Waals surface area contributed by atoms with Crippen LogP contribution in [0.1, 0.15) is 16.1 Å². The second-order valence-corrected chi connectivity index (χ2v) is 4.50. The molecule has 6 heteroatoms. The number of aromatic carboxylic acids is 1. The Bertz CT molecular complexity index is 658. The Balaban J connectivity index is 2.04. The average molecular weight is 291 g/mol. The molecule has 2 N–H and O–H groups in total. The minimum Gasteiger partial charge on any atom is -0.477 e. The predicted octanol–water partition coefficient (Wildman–Crippen LogP) is 2.61. The van der Waals surface area contributed by atoms with Gasteiger partial charge in [-0.15, -0.1) is 0 Å². The zero-order valence-electron chi connectivity index (χ0n) is 10.3. The molecule has 1 amide bonds. The van der Waals surface area contributed by atoms with Crippen LogP contribution < -0.4 is 5.32 Å². The van der Waals surface area contributed by atoms with E-state index in [-0.39, 0.29) is 23.8 Å². The molecule has 0 saturated carbocycles. The van der Waals surface area contributed by atoms with Gasteiger partial charge in [0.15, 0.2) is 5.69 Å². The molecule has 20 heavy (non-hydrogen) atoms. The zero-order valence-corrected chi connectivity index (χ0v) is 11.1. The number of hydrogen-bond donors (Lipinski definition) is 2. The van der Waals surface area contributed by atoms with Crippen molar-refractivity contribution in [3.05, 3.63) is 58.7 Å². The van der Waals surface area contributed by atoms with Crippen LogP contribution in [0.2, 0.25) is 5.02 Å². The summed E-state index contributed by atoms with van der Waals surface area (Å²) in [6.45, 7) is 0. The van der Waals surface area contributed by atoms with Gasteiger partial charge in [-0.2, -0.15) is 0 Å². The van der Waals surface area contributed by atoms with Gasteiger partial charge in [0.2, 0.25) is 5.91 Å². The second kappa shape index (κ2) is 6.16. The van der Waals surface area contributed by atoms with Gasteiger partial charge in [0.1, 0.15) is 5.82 Å². The highest BCUT2D eigenvalue weighted by molar-refractivity contribution is 6.30. The monoisotopic (exact) mass is 290 g/mol. The Morgan fingerprint density at radius 2 is 1.95 bits per heavy atom. The smallest absolute Gasteiger partial charge is 0.354 e. The van der Waals surface area contributed by atoms with E-state index in [1.54, 1.807) is 24.3 Å². The first kappa shape index (κ1) is 14.0. The van der Waals surface area contributed by atoms with E-state index in [4.69, 9.17) is 16.7 Å². The number of halogens is 1. The Hall–Kier alpha value is -2.40. The summed E-state index contributed by atoms with van der Waals surface area (Å²) < 4.78 is 0. The van der Waals surface area contributed by atoms with Crippen molar-refractivity contribution >= 4 is 29.3 Å². The fourth-order valence-corrected chi connectivity index (χ4v) is 1.86. The SMILES string of the molecule is O=C(Cc1cccc(Cl)c1)Nc1cccc(C(=O)O)n1. The maximum absolute atomic E-state index is 11.8. The summed E-state index contributed by atoms with van der Waals surface area (Å²) in [7, 11) is 0. The number of carbonyl (C=O) groups is 2. The van der Waals surface area contributed by atoms with Gasteiger partial charge < -0.3 is 10.4 Å². The first-order valence-electron chi connectivity index (χ1n) is 5.79. The number of anilines is 1. The molecule has 2 rings (SSSR count). The summed E-state index contributed by atoms with van der Waals surface area (Å²) in [5, 5.41) is 11.9. The summed E-state index contributed by atoms with van der Waals surface area (Å²) in [6.07, 6.45) is 0.138. The molecule has 0 aliphatic heterocycles. The largest absolute Gasteiger partial charge is 0.477 e. The van der Waals surface area contributed by atoms with Crippen molar-refractivity contribution < 1.29 is 14.7 Å². The zero-order chi connectivity index (χ0) is 14.5. The topological polar surface area (TPSA) is 79.3 Å². The van der Waals surface area contributed by atoms with Gasteiger partial charge in [-0.25, -0.2) is 9.78 Å². The number of hydrogen-bond acceptors (Lipinski definition) is 3. The third kappa shape index (κ3) is 3.80. The minimum absolute atomic E-state index is 0.120. The maximum atomic E-state index is 11.8. The third-order valence-corrected chi connectivity index (χ3v) is 2.72. The number of carboxylic acid groups (broad SMARTS) is 1. The van der Waals surface area contributed by atoms with Gasteiger partial charge in [0.25, 0.3) is 0 Å².